The Morgan fingerprint density at radius 1 is 0.781 bits per heavy atom. The van der Waals surface area contributed by atoms with Crippen LogP contribution in [0, 0.1) is 0 Å². The Morgan fingerprint density at radius 2 is 1.34 bits per heavy atom. The molecular weight excluding hydrogens is 406 g/mol. The maximum absolute atomic E-state index is 12.0. The van der Waals surface area contributed by atoms with Crippen molar-refractivity contribution in [1.82, 2.24) is 0 Å². The third kappa shape index (κ3) is 5.70. The number of rotatable bonds is 7. The average Bonchev–Trinajstić information content (AvgIpc) is 2.84. The number of amides is 1. The second-order valence-corrected chi connectivity index (χ2v) is 7.39. The molecule has 7 nitrogen and oxygen atoms in total. The molecule has 3 aromatic rings. The molecule has 1 amide bonds. The lowest BCUT2D eigenvalue weighted by atomic mass is 10.2. The van der Waals surface area contributed by atoms with E-state index in [0.717, 1.165) is 37.6 Å². The SMILES string of the molecule is COCOc1ccc(N2CCN(c3ccc(NC(=O)Oc4ccccc4)cc3)CC2)cc1. The minimum Gasteiger partial charge on any atom is -0.468 e. The van der Waals surface area contributed by atoms with Gasteiger partial charge >= 0.3 is 6.09 Å². The first-order chi connectivity index (χ1) is 15.7. The van der Waals surface area contributed by atoms with E-state index < -0.39 is 6.09 Å². The number of carbonyl (C=O) groups excluding carboxylic acids is 1. The molecule has 32 heavy (non-hydrogen) atoms. The first-order valence-corrected chi connectivity index (χ1v) is 10.6. The fourth-order valence-electron chi connectivity index (χ4n) is 3.60. The number of nitrogens with one attached hydrogen (secondary N) is 1. The lowest BCUT2D eigenvalue weighted by molar-refractivity contribution is 0.0511. The average molecular weight is 434 g/mol. The molecule has 1 aliphatic rings. The van der Waals surface area contributed by atoms with Crippen LogP contribution >= 0.6 is 0 Å². The van der Waals surface area contributed by atoms with Gasteiger partial charge in [0.05, 0.1) is 0 Å². The van der Waals surface area contributed by atoms with Crippen molar-refractivity contribution < 1.29 is 19.0 Å². The third-order valence-electron chi connectivity index (χ3n) is 5.26. The maximum Gasteiger partial charge on any atom is 0.417 e. The molecule has 0 aliphatic carbocycles. The monoisotopic (exact) mass is 433 g/mol. The Hall–Kier alpha value is -3.71. The van der Waals surface area contributed by atoms with Crippen LogP contribution in [0.25, 0.3) is 0 Å². The van der Waals surface area contributed by atoms with Crippen LogP contribution in [-0.2, 0) is 4.74 Å². The van der Waals surface area contributed by atoms with Crippen LogP contribution in [0.4, 0.5) is 21.9 Å². The van der Waals surface area contributed by atoms with Crippen molar-refractivity contribution in [1.29, 1.82) is 0 Å². The number of anilines is 3. The van der Waals surface area contributed by atoms with Crippen molar-refractivity contribution in [3.8, 4) is 11.5 Å². The van der Waals surface area contributed by atoms with Crippen LogP contribution < -0.4 is 24.6 Å². The molecule has 0 atom stereocenters. The topological polar surface area (TPSA) is 63.3 Å². The summed E-state index contributed by atoms with van der Waals surface area (Å²) in [4.78, 5) is 16.8. The van der Waals surface area contributed by atoms with E-state index in [0.29, 0.717) is 11.4 Å². The van der Waals surface area contributed by atoms with Crippen molar-refractivity contribution in [2.45, 2.75) is 0 Å². The molecule has 0 spiro atoms. The molecular formula is C25H27N3O4. The molecule has 1 fully saturated rings. The Balaban J connectivity index is 1.27. The van der Waals surface area contributed by atoms with Gasteiger partial charge < -0.3 is 24.0 Å². The summed E-state index contributed by atoms with van der Waals surface area (Å²) in [5, 5.41) is 2.76. The van der Waals surface area contributed by atoms with Crippen LogP contribution in [0.5, 0.6) is 11.5 Å². The molecule has 3 aromatic carbocycles. The molecule has 1 heterocycles. The van der Waals surface area contributed by atoms with Gasteiger partial charge in [0.25, 0.3) is 0 Å². The van der Waals surface area contributed by atoms with E-state index in [2.05, 4.69) is 27.2 Å². The number of nitrogens with zero attached hydrogens (tertiary/aromatic N) is 2. The molecule has 0 radical (unpaired) electrons. The van der Waals surface area contributed by atoms with Gasteiger partial charge in [0, 0.05) is 50.4 Å². The molecule has 7 heteroatoms. The Bertz CT molecular complexity index is 986. The number of hydrogen-bond acceptors (Lipinski definition) is 6. The highest BCUT2D eigenvalue weighted by Crippen LogP contribution is 2.24. The van der Waals surface area contributed by atoms with Crippen LogP contribution in [0.3, 0.4) is 0 Å². The quantitative estimate of drug-likeness (QED) is 0.549. The Labute approximate surface area is 188 Å². The van der Waals surface area contributed by atoms with E-state index >= 15 is 0 Å². The van der Waals surface area contributed by atoms with Gasteiger partial charge in [-0.3, -0.25) is 5.32 Å². The fraction of sp³-hybridized carbons (Fsp3) is 0.240. The zero-order valence-corrected chi connectivity index (χ0v) is 18.1. The van der Waals surface area contributed by atoms with Crippen molar-refractivity contribution in [2.24, 2.45) is 0 Å². The third-order valence-corrected chi connectivity index (χ3v) is 5.26. The lowest BCUT2D eigenvalue weighted by Gasteiger charge is -2.37. The highest BCUT2D eigenvalue weighted by atomic mass is 16.7. The van der Waals surface area contributed by atoms with Gasteiger partial charge in [-0.25, -0.2) is 4.79 Å². The molecule has 0 saturated carbocycles. The van der Waals surface area contributed by atoms with Gasteiger partial charge in [-0.1, -0.05) is 18.2 Å². The van der Waals surface area contributed by atoms with Crippen molar-refractivity contribution in [3.63, 3.8) is 0 Å². The Morgan fingerprint density at radius 3 is 1.91 bits per heavy atom. The number of piperazine rings is 1. The van der Waals surface area contributed by atoms with Gasteiger partial charge in [-0.15, -0.1) is 0 Å². The number of carbonyl (C=O) groups is 1. The second kappa shape index (κ2) is 10.5. The second-order valence-electron chi connectivity index (χ2n) is 7.39. The van der Waals surface area contributed by atoms with E-state index in [9.17, 15) is 4.79 Å². The molecule has 0 aromatic heterocycles. The van der Waals surface area contributed by atoms with Crippen LogP contribution in [0.2, 0.25) is 0 Å². The molecule has 0 unspecified atom stereocenters. The molecule has 1 aliphatic heterocycles. The van der Waals surface area contributed by atoms with E-state index in [1.54, 1.807) is 19.2 Å². The van der Waals surface area contributed by atoms with E-state index in [-0.39, 0.29) is 6.79 Å². The molecule has 166 valence electrons. The largest absolute Gasteiger partial charge is 0.468 e. The number of methoxy groups -OCH3 is 1. The molecule has 4 rings (SSSR count). The predicted molar refractivity (Wildman–Crippen MR) is 126 cm³/mol. The minimum absolute atomic E-state index is 0.251. The highest BCUT2D eigenvalue weighted by Gasteiger charge is 2.18. The van der Waals surface area contributed by atoms with E-state index in [4.69, 9.17) is 14.2 Å². The number of benzene rings is 3. The number of ether oxygens (including phenoxy) is 3. The van der Waals surface area contributed by atoms with Crippen molar-refractivity contribution >= 4 is 23.2 Å². The fourth-order valence-corrected chi connectivity index (χ4v) is 3.60. The minimum atomic E-state index is -0.504. The summed E-state index contributed by atoms with van der Waals surface area (Å²) in [5.74, 6) is 1.31. The summed E-state index contributed by atoms with van der Waals surface area (Å²) in [6, 6.07) is 24.9. The Kier molecular flexibility index (Phi) is 7.09. The summed E-state index contributed by atoms with van der Waals surface area (Å²) >= 11 is 0. The zero-order valence-electron chi connectivity index (χ0n) is 18.1. The van der Waals surface area contributed by atoms with E-state index in [1.165, 1.54) is 5.69 Å². The first kappa shape index (κ1) is 21.5. The first-order valence-electron chi connectivity index (χ1n) is 10.6. The van der Waals surface area contributed by atoms with Gasteiger partial charge in [0.15, 0.2) is 6.79 Å². The molecule has 0 bridgehead atoms. The van der Waals surface area contributed by atoms with Crippen LogP contribution in [0.1, 0.15) is 0 Å². The standard InChI is InChI=1S/C25H27N3O4/c1-30-19-31-23-13-11-22(12-14-23)28-17-15-27(16-18-28)21-9-7-20(8-10-21)26-25(29)32-24-5-3-2-4-6-24/h2-14H,15-19H2,1H3,(H,26,29). The van der Waals surface area contributed by atoms with Gasteiger partial charge in [0.1, 0.15) is 11.5 Å². The van der Waals surface area contributed by atoms with Crippen molar-refractivity contribution in [3.05, 3.63) is 78.9 Å². The smallest absolute Gasteiger partial charge is 0.417 e. The van der Waals surface area contributed by atoms with E-state index in [1.807, 2.05) is 54.6 Å². The lowest BCUT2D eigenvalue weighted by Crippen LogP contribution is -2.46. The van der Waals surface area contributed by atoms with Crippen LogP contribution in [0.15, 0.2) is 78.9 Å². The molecule has 1 N–H and O–H groups in total. The predicted octanol–water partition coefficient (Wildman–Crippen LogP) is 4.61. The summed E-state index contributed by atoms with van der Waals surface area (Å²) in [6.07, 6.45) is -0.504. The summed E-state index contributed by atoms with van der Waals surface area (Å²) in [6.45, 7) is 3.96. The van der Waals surface area contributed by atoms with Crippen LogP contribution in [-0.4, -0.2) is 46.2 Å². The van der Waals surface area contributed by atoms with Gasteiger partial charge in [-0.05, 0) is 60.7 Å². The zero-order chi connectivity index (χ0) is 22.2. The van der Waals surface area contributed by atoms with Gasteiger partial charge in [-0.2, -0.15) is 0 Å². The summed E-state index contributed by atoms with van der Waals surface area (Å²) in [5.41, 5.74) is 3.02. The highest BCUT2D eigenvalue weighted by molar-refractivity contribution is 5.86. The van der Waals surface area contributed by atoms with Gasteiger partial charge in [0.2, 0.25) is 0 Å². The maximum atomic E-state index is 12.0. The summed E-state index contributed by atoms with van der Waals surface area (Å²) < 4.78 is 15.6. The number of hydrogen-bond donors (Lipinski definition) is 1. The summed E-state index contributed by atoms with van der Waals surface area (Å²) in [7, 11) is 1.61. The number of para-hydroxylation sites is 1. The normalized spacial score (nSPS) is 13.5. The van der Waals surface area contributed by atoms with Crippen molar-refractivity contribution in [2.75, 3.05) is 55.2 Å². The molecule has 1 saturated heterocycles.